The van der Waals surface area contributed by atoms with Gasteiger partial charge in [0.2, 0.25) is 0 Å². The van der Waals surface area contributed by atoms with Crippen molar-refractivity contribution in [2.24, 2.45) is 0 Å². The molecule has 2 rings (SSSR count). The van der Waals surface area contributed by atoms with E-state index in [4.69, 9.17) is 9.84 Å². The maximum absolute atomic E-state index is 12.6. The van der Waals surface area contributed by atoms with Crippen LogP contribution in [0.1, 0.15) is 54.1 Å². The molecule has 0 fully saturated rings. The molecule has 0 aliphatic rings. The highest BCUT2D eigenvalue weighted by molar-refractivity contribution is 6.09. The monoisotopic (exact) mass is 326 g/mol. The van der Waals surface area contributed by atoms with Gasteiger partial charge >= 0.3 is 5.97 Å². The van der Waals surface area contributed by atoms with E-state index in [9.17, 15) is 9.59 Å². The van der Waals surface area contributed by atoms with E-state index in [1.54, 1.807) is 55.5 Å². The smallest absolute Gasteiger partial charge is 0.310 e. The first-order valence-corrected chi connectivity index (χ1v) is 8.13. The number of carboxylic acid groups (broad SMARTS) is 1. The van der Waals surface area contributed by atoms with Crippen molar-refractivity contribution in [3.63, 3.8) is 0 Å². The molecule has 0 amide bonds. The van der Waals surface area contributed by atoms with Crippen LogP contribution in [0, 0.1) is 0 Å². The molecule has 2 aromatic carbocycles. The van der Waals surface area contributed by atoms with Crippen molar-refractivity contribution in [1.29, 1.82) is 0 Å². The number of rotatable bonds is 8. The molecular weight excluding hydrogens is 304 g/mol. The normalized spacial score (nSPS) is 11.8. The molecule has 1 atom stereocenters. The van der Waals surface area contributed by atoms with E-state index >= 15 is 0 Å². The van der Waals surface area contributed by atoms with Gasteiger partial charge in [0.25, 0.3) is 0 Å². The fraction of sp³-hybridized carbons (Fsp3) is 0.300. The molecule has 4 nitrogen and oxygen atoms in total. The van der Waals surface area contributed by atoms with Gasteiger partial charge in [-0.1, -0.05) is 31.5 Å². The van der Waals surface area contributed by atoms with E-state index in [1.807, 2.05) is 0 Å². The zero-order chi connectivity index (χ0) is 17.5. The lowest BCUT2D eigenvalue weighted by molar-refractivity contribution is -0.138. The lowest BCUT2D eigenvalue weighted by Crippen LogP contribution is -2.09. The lowest BCUT2D eigenvalue weighted by atomic mass is 9.96. The highest BCUT2D eigenvalue weighted by Crippen LogP contribution is 2.20. The van der Waals surface area contributed by atoms with E-state index in [1.165, 1.54) is 0 Å². The number of ether oxygens (including phenoxy) is 1. The third-order valence-corrected chi connectivity index (χ3v) is 3.90. The van der Waals surface area contributed by atoms with E-state index in [-0.39, 0.29) is 5.78 Å². The third kappa shape index (κ3) is 4.44. The summed E-state index contributed by atoms with van der Waals surface area (Å²) in [5.41, 5.74) is 1.66. The van der Waals surface area contributed by atoms with Gasteiger partial charge in [-0.25, -0.2) is 0 Å². The lowest BCUT2D eigenvalue weighted by Gasteiger charge is -2.09. The Labute approximate surface area is 142 Å². The minimum atomic E-state index is -0.909. The second kappa shape index (κ2) is 8.29. The zero-order valence-corrected chi connectivity index (χ0v) is 14.0. The summed E-state index contributed by atoms with van der Waals surface area (Å²) in [6.07, 6.45) is 2.07. The average molecular weight is 326 g/mol. The molecular formula is C20H22O4. The number of ketones is 1. The van der Waals surface area contributed by atoms with Crippen LogP contribution in [0.15, 0.2) is 48.5 Å². The Balaban J connectivity index is 2.14. The minimum Gasteiger partial charge on any atom is -0.494 e. The molecule has 0 bridgehead atoms. The first-order chi connectivity index (χ1) is 11.5. The summed E-state index contributed by atoms with van der Waals surface area (Å²) in [6.45, 7) is 4.37. The van der Waals surface area contributed by atoms with E-state index in [0.717, 1.165) is 18.6 Å². The highest BCUT2D eigenvalue weighted by atomic mass is 16.5. The molecule has 126 valence electrons. The van der Waals surface area contributed by atoms with Crippen LogP contribution in [0.2, 0.25) is 0 Å². The van der Waals surface area contributed by atoms with Gasteiger partial charge in [0.15, 0.2) is 5.78 Å². The number of hydrogen-bond acceptors (Lipinski definition) is 3. The predicted octanol–water partition coefficient (Wildman–Crippen LogP) is 4.28. The van der Waals surface area contributed by atoms with Gasteiger partial charge in [-0.15, -0.1) is 0 Å². The topological polar surface area (TPSA) is 63.6 Å². The minimum absolute atomic E-state index is 0.130. The van der Waals surface area contributed by atoms with Crippen molar-refractivity contribution in [2.45, 2.75) is 32.6 Å². The summed E-state index contributed by atoms with van der Waals surface area (Å²) >= 11 is 0. The van der Waals surface area contributed by atoms with Gasteiger partial charge in [0, 0.05) is 11.1 Å². The molecule has 0 spiro atoms. The number of benzene rings is 2. The first kappa shape index (κ1) is 17.7. The number of carboxylic acids is 1. The maximum Gasteiger partial charge on any atom is 0.310 e. The van der Waals surface area contributed by atoms with Crippen LogP contribution in [0.5, 0.6) is 5.75 Å². The van der Waals surface area contributed by atoms with Crippen LogP contribution < -0.4 is 4.74 Å². The summed E-state index contributed by atoms with van der Waals surface area (Å²) in [4.78, 5) is 23.7. The van der Waals surface area contributed by atoms with Crippen LogP contribution in [0.3, 0.4) is 0 Å². The van der Waals surface area contributed by atoms with Crippen LogP contribution in [-0.2, 0) is 4.79 Å². The highest BCUT2D eigenvalue weighted by Gasteiger charge is 2.16. The molecule has 24 heavy (non-hydrogen) atoms. The number of carbonyl (C=O) groups excluding carboxylic acids is 1. The van der Waals surface area contributed by atoms with Crippen molar-refractivity contribution in [3.05, 3.63) is 65.2 Å². The summed E-state index contributed by atoms with van der Waals surface area (Å²) in [7, 11) is 0. The van der Waals surface area contributed by atoms with Crippen LogP contribution >= 0.6 is 0 Å². The van der Waals surface area contributed by atoms with E-state index < -0.39 is 11.9 Å². The van der Waals surface area contributed by atoms with Crippen LogP contribution in [0.25, 0.3) is 0 Å². The van der Waals surface area contributed by atoms with Gasteiger partial charge in [-0.05, 0) is 49.2 Å². The van der Waals surface area contributed by atoms with Crippen LogP contribution in [0.4, 0.5) is 0 Å². The summed E-state index contributed by atoms with van der Waals surface area (Å²) in [6, 6.07) is 13.8. The molecule has 1 unspecified atom stereocenters. The molecule has 4 heteroatoms. The Bertz CT molecular complexity index is 704. The molecule has 0 heterocycles. The Kier molecular flexibility index (Phi) is 6.13. The second-order valence-corrected chi connectivity index (χ2v) is 5.74. The third-order valence-electron chi connectivity index (χ3n) is 3.90. The molecule has 0 aliphatic heterocycles. The van der Waals surface area contributed by atoms with Gasteiger partial charge in [0.1, 0.15) is 5.75 Å². The molecule has 2 aromatic rings. The predicted molar refractivity (Wildman–Crippen MR) is 92.8 cm³/mol. The number of carbonyl (C=O) groups is 2. The van der Waals surface area contributed by atoms with E-state index in [2.05, 4.69) is 6.92 Å². The molecule has 0 aromatic heterocycles. The zero-order valence-electron chi connectivity index (χ0n) is 14.0. The second-order valence-electron chi connectivity index (χ2n) is 5.74. The Morgan fingerprint density at radius 2 is 1.79 bits per heavy atom. The molecule has 0 radical (unpaired) electrons. The number of unbranched alkanes of at least 4 members (excludes halogenated alkanes) is 1. The standard InChI is InChI=1S/C20H22O4/c1-3-4-12-24-18-10-8-15(9-11-18)19(21)17-7-5-6-16(13-17)14(2)20(22)23/h5-11,13-14H,3-4,12H2,1-2H3,(H,22,23). The summed E-state index contributed by atoms with van der Waals surface area (Å²) < 4.78 is 5.59. The summed E-state index contributed by atoms with van der Waals surface area (Å²) in [5, 5.41) is 9.10. The van der Waals surface area contributed by atoms with Gasteiger partial charge in [-0.2, -0.15) is 0 Å². The Hall–Kier alpha value is -2.62. The van der Waals surface area contributed by atoms with Crippen molar-refractivity contribution in [1.82, 2.24) is 0 Å². The summed E-state index contributed by atoms with van der Waals surface area (Å²) in [5.74, 6) is -0.942. The molecule has 1 N–H and O–H groups in total. The fourth-order valence-corrected chi connectivity index (χ4v) is 2.30. The van der Waals surface area contributed by atoms with Crippen LogP contribution in [-0.4, -0.2) is 23.5 Å². The maximum atomic E-state index is 12.6. The molecule has 0 aliphatic carbocycles. The Morgan fingerprint density at radius 1 is 1.08 bits per heavy atom. The van der Waals surface area contributed by atoms with Crippen molar-refractivity contribution in [2.75, 3.05) is 6.61 Å². The van der Waals surface area contributed by atoms with Crippen molar-refractivity contribution < 1.29 is 19.4 Å². The molecule has 0 saturated heterocycles. The fourth-order valence-electron chi connectivity index (χ4n) is 2.30. The number of hydrogen-bond donors (Lipinski definition) is 1. The molecule has 0 saturated carbocycles. The van der Waals surface area contributed by atoms with Gasteiger partial charge < -0.3 is 9.84 Å². The largest absolute Gasteiger partial charge is 0.494 e. The van der Waals surface area contributed by atoms with Crippen molar-refractivity contribution in [3.8, 4) is 5.75 Å². The average Bonchev–Trinajstić information content (AvgIpc) is 2.61. The Morgan fingerprint density at radius 3 is 2.42 bits per heavy atom. The van der Waals surface area contributed by atoms with Gasteiger partial charge in [-0.3, -0.25) is 9.59 Å². The SMILES string of the molecule is CCCCOc1ccc(C(=O)c2cccc(C(C)C(=O)O)c2)cc1. The van der Waals surface area contributed by atoms with Gasteiger partial charge in [0.05, 0.1) is 12.5 Å². The van der Waals surface area contributed by atoms with E-state index in [0.29, 0.717) is 23.3 Å². The first-order valence-electron chi connectivity index (χ1n) is 8.13. The van der Waals surface area contributed by atoms with Crippen molar-refractivity contribution >= 4 is 11.8 Å². The number of aliphatic carboxylic acids is 1. The quantitative estimate of drug-likeness (QED) is 0.581.